The third-order valence-electron chi connectivity index (χ3n) is 3.11. The van der Waals surface area contributed by atoms with Crippen molar-refractivity contribution < 1.29 is 21.6 Å². The van der Waals surface area contributed by atoms with E-state index in [1.807, 2.05) is 0 Å². The molecule has 0 aliphatic heterocycles. The summed E-state index contributed by atoms with van der Waals surface area (Å²) in [5.74, 6) is 0. The predicted molar refractivity (Wildman–Crippen MR) is 90.9 cm³/mol. The van der Waals surface area contributed by atoms with Crippen molar-refractivity contribution in [2.75, 3.05) is 4.72 Å². The van der Waals surface area contributed by atoms with Gasteiger partial charge in [-0.3, -0.25) is 4.72 Å². The van der Waals surface area contributed by atoms with Crippen LogP contribution in [0.25, 0.3) is 0 Å². The number of aryl methyl sites for hydroxylation is 1. The molecule has 4 nitrogen and oxygen atoms in total. The van der Waals surface area contributed by atoms with E-state index in [0.717, 1.165) is 11.6 Å². The number of hydrogen-bond donors (Lipinski definition) is 1. The Hall–Kier alpha value is -1.80. The molecular weight excluding hydrogens is 456 g/mol. The monoisotopic (exact) mass is 466 g/mol. The molecule has 0 atom stereocenters. The summed E-state index contributed by atoms with van der Waals surface area (Å²) < 4.78 is 65.3. The third kappa shape index (κ3) is 3.99. The first-order valence-electron chi connectivity index (χ1n) is 6.45. The van der Waals surface area contributed by atoms with E-state index in [2.05, 4.69) is 4.72 Å². The second kappa shape index (κ2) is 6.60. The van der Waals surface area contributed by atoms with Crippen molar-refractivity contribution in [3.8, 4) is 6.07 Å². The zero-order chi connectivity index (χ0) is 18.1. The normalized spacial score (nSPS) is 11.8. The Balaban J connectivity index is 2.50. The Morgan fingerprint density at radius 1 is 1.17 bits per heavy atom. The van der Waals surface area contributed by atoms with Crippen LogP contribution in [0.2, 0.25) is 0 Å². The van der Waals surface area contributed by atoms with Gasteiger partial charge in [0.25, 0.3) is 10.0 Å². The van der Waals surface area contributed by atoms with Gasteiger partial charge in [-0.2, -0.15) is 18.4 Å². The topological polar surface area (TPSA) is 70.0 Å². The highest BCUT2D eigenvalue weighted by Gasteiger charge is 2.32. The van der Waals surface area contributed by atoms with Gasteiger partial charge in [-0.1, -0.05) is 17.7 Å². The molecule has 0 bridgehead atoms. The van der Waals surface area contributed by atoms with E-state index in [-0.39, 0.29) is 14.2 Å². The van der Waals surface area contributed by atoms with Crippen molar-refractivity contribution in [3.05, 3.63) is 56.7 Å². The van der Waals surface area contributed by atoms with Crippen LogP contribution in [0.4, 0.5) is 18.9 Å². The van der Waals surface area contributed by atoms with Gasteiger partial charge in [0.1, 0.15) is 6.07 Å². The lowest BCUT2D eigenvalue weighted by Crippen LogP contribution is -2.16. The lowest BCUT2D eigenvalue weighted by Gasteiger charge is -2.14. The first-order chi connectivity index (χ1) is 11.0. The Morgan fingerprint density at radius 2 is 1.75 bits per heavy atom. The molecule has 0 saturated carbocycles. The van der Waals surface area contributed by atoms with E-state index >= 15 is 0 Å². The molecule has 24 heavy (non-hydrogen) atoms. The van der Waals surface area contributed by atoms with Gasteiger partial charge in [0.15, 0.2) is 0 Å². The van der Waals surface area contributed by atoms with E-state index in [4.69, 9.17) is 5.26 Å². The summed E-state index contributed by atoms with van der Waals surface area (Å²) in [6.07, 6.45) is -4.63. The van der Waals surface area contributed by atoms with Crippen molar-refractivity contribution in [1.29, 1.82) is 5.26 Å². The average molecular weight is 466 g/mol. The van der Waals surface area contributed by atoms with E-state index in [1.54, 1.807) is 47.7 Å². The highest BCUT2D eigenvalue weighted by molar-refractivity contribution is 14.1. The lowest BCUT2D eigenvalue weighted by atomic mass is 10.1. The molecule has 0 heterocycles. The van der Waals surface area contributed by atoms with Crippen LogP contribution in [0.15, 0.2) is 41.3 Å². The summed E-state index contributed by atoms with van der Waals surface area (Å²) in [4.78, 5) is -0.0484. The molecule has 0 spiro atoms. The van der Waals surface area contributed by atoms with Crippen LogP contribution in [-0.4, -0.2) is 8.42 Å². The van der Waals surface area contributed by atoms with Gasteiger partial charge in [-0.05, 0) is 53.8 Å². The molecule has 1 N–H and O–H groups in total. The molecule has 9 heteroatoms. The first kappa shape index (κ1) is 18.5. The summed E-state index contributed by atoms with van der Waals surface area (Å²) in [5.41, 5.74) is -0.728. The summed E-state index contributed by atoms with van der Waals surface area (Å²) in [5, 5.41) is 9.08. The maximum Gasteiger partial charge on any atom is 0.416 e. The van der Waals surface area contributed by atoms with E-state index < -0.39 is 27.3 Å². The molecule has 0 amide bonds. The molecule has 2 rings (SSSR count). The minimum atomic E-state index is -4.63. The molecule has 0 unspecified atom stereocenters. The quantitative estimate of drug-likeness (QED) is 0.687. The van der Waals surface area contributed by atoms with Crippen LogP contribution in [0.1, 0.15) is 16.7 Å². The van der Waals surface area contributed by atoms with Crippen LogP contribution in [0.5, 0.6) is 0 Å². The van der Waals surface area contributed by atoms with Gasteiger partial charge in [-0.25, -0.2) is 8.42 Å². The molecule has 0 aliphatic rings. The highest BCUT2D eigenvalue weighted by Crippen LogP contribution is 2.35. The SMILES string of the molecule is Cc1ccc(S(=O)(=O)Nc2c(I)cc(C(F)(F)F)cc2C#N)cc1. The summed E-state index contributed by atoms with van der Waals surface area (Å²) in [7, 11) is -4.02. The number of benzene rings is 2. The fourth-order valence-corrected chi connectivity index (χ4v) is 3.92. The summed E-state index contributed by atoms with van der Waals surface area (Å²) in [6.45, 7) is 1.79. The number of sulfonamides is 1. The number of anilines is 1. The largest absolute Gasteiger partial charge is 0.416 e. The number of halogens is 4. The molecule has 0 radical (unpaired) electrons. The Morgan fingerprint density at radius 3 is 2.25 bits per heavy atom. The van der Waals surface area contributed by atoms with Gasteiger partial charge in [0, 0.05) is 3.57 Å². The highest BCUT2D eigenvalue weighted by atomic mass is 127. The van der Waals surface area contributed by atoms with Crippen LogP contribution < -0.4 is 4.72 Å². The second-order valence-corrected chi connectivity index (χ2v) is 7.75. The van der Waals surface area contributed by atoms with Crippen LogP contribution in [0.3, 0.4) is 0 Å². The number of rotatable bonds is 3. The molecule has 0 fully saturated rings. The van der Waals surface area contributed by atoms with Crippen molar-refractivity contribution in [2.24, 2.45) is 0 Å². The Labute approximate surface area is 150 Å². The molecular formula is C15H10F3IN2O2S. The van der Waals surface area contributed by atoms with Gasteiger partial charge < -0.3 is 0 Å². The van der Waals surface area contributed by atoms with Gasteiger partial charge in [0.05, 0.1) is 21.7 Å². The van der Waals surface area contributed by atoms with Crippen LogP contribution in [-0.2, 0) is 16.2 Å². The minimum Gasteiger partial charge on any atom is -0.277 e. The van der Waals surface area contributed by atoms with Gasteiger partial charge >= 0.3 is 6.18 Å². The molecule has 2 aromatic carbocycles. The zero-order valence-electron chi connectivity index (χ0n) is 12.1. The van der Waals surface area contributed by atoms with Gasteiger partial charge in [0.2, 0.25) is 0 Å². The first-order valence-corrected chi connectivity index (χ1v) is 9.01. The smallest absolute Gasteiger partial charge is 0.277 e. The fraction of sp³-hybridized carbons (Fsp3) is 0.133. The van der Waals surface area contributed by atoms with Crippen molar-refractivity contribution in [1.82, 2.24) is 0 Å². The van der Waals surface area contributed by atoms with E-state index in [0.29, 0.717) is 6.07 Å². The van der Waals surface area contributed by atoms with Crippen LogP contribution >= 0.6 is 22.6 Å². The Kier molecular flexibility index (Phi) is 5.10. The number of nitriles is 1. The molecule has 0 aliphatic carbocycles. The van der Waals surface area contributed by atoms with Crippen molar-refractivity contribution in [3.63, 3.8) is 0 Å². The number of alkyl halides is 3. The number of nitrogens with zero attached hydrogens (tertiary/aromatic N) is 1. The second-order valence-electron chi connectivity index (χ2n) is 4.91. The van der Waals surface area contributed by atoms with Crippen LogP contribution in [0, 0.1) is 21.8 Å². The third-order valence-corrected chi connectivity index (χ3v) is 5.32. The minimum absolute atomic E-state index is 0.0188. The Bertz CT molecular complexity index is 917. The molecule has 0 aromatic heterocycles. The molecule has 126 valence electrons. The number of hydrogen-bond acceptors (Lipinski definition) is 3. The zero-order valence-corrected chi connectivity index (χ0v) is 15.1. The maximum atomic E-state index is 12.8. The van der Waals surface area contributed by atoms with Crippen molar-refractivity contribution >= 4 is 38.3 Å². The molecule has 2 aromatic rings. The number of nitrogens with one attached hydrogen (secondary N) is 1. The maximum absolute atomic E-state index is 12.8. The lowest BCUT2D eigenvalue weighted by molar-refractivity contribution is -0.137. The predicted octanol–water partition coefficient (Wildman–Crippen LogP) is 4.29. The van der Waals surface area contributed by atoms with E-state index in [9.17, 15) is 21.6 Å². The van der Waals surface area contributed by atoms with Gasteiger partial charge in [-0.15, -0.1) is 0 Å². The average Bonchev–Trinajstić information content (AvgIpc) is 2.48. The van der Waals surface area contributed by atoms with Crippen molar-refractivity contribution in [2.45, 2.75) is 18.0 Å². The molecule has 0 saturated heterocycles. The standard InChI is InChI=1S/C15H10F3IN2O2S/c1-9-2-4-12(5-3-9)24(22,23)21-14-10(8-20)6-11(7-13(14)19)15(16,17)18/h2-7,21H,1H3. The summed E-state index contributed by atoms with van der Waals surface area (Å²) in [6, 6.07) is 8.95. The van der Waals surface area contributed by atoms with E-state index in [1.165, 1.54) is 12.1 Å². The fourth-order valence-electron chi connectivity index (χ4n) is 1.87. The summed E-state index contributed by atoms with van der Waals surface area (Å²) >= 11 is 1.56.